The van der Waals surface area contributed by atoms with E-state index in [-0.39, 0.29) is 0 Å². The first kappa shape index (κ1) is 11.8. The first-order valence-corrected chi connectivity index (χ1v) is 6.64. The molecule has 1 aromatic rings. The Bertz CT molecular complexity index is 467. The molecule has 3 rings (SSSR count). The van der Waals surface area contributed by atoms with Gasteiger partial charge >= 0.3 is 5.97 Å². The number of rotatable bonds is 2. The molecular weight excluding hydrogens is 230 g/mol. The van der Waals surface area contributed by atoms with Crippen molar-refractivity contribution in [2.45, 2.75) is 38.6 Å². The minimum absolute atomic E-state index is 0.355. The van der Waals surface area contributed by atoms with Gasteiger partial charge in [0, 0.05) is 24.6 Å². The molecule has 1 fully saturated rings. The minimum atomic E-state index is -0.673. The molecule has 2 unspecified atom stereocenters. The van der Waals surface area contributed by atoms with Crippen LogP contribution in [-0.4, -0.2) is 29.1 Å². The largest absolute Gasteiger partial charge is 0.481 e. The predicted molar refractivity (Wildman–Crippen MR) is 66.3 cm³/mol. The number of aryl methyl sites for hydroxylation is 1. The van der Waals surface area contributed by atoms with Gasteiger partial charge in [0.15, 0.2) is 0 Å². The Hall–Kier alpha value is -1.29. The van der Waals surface area contributed by atoms with Crippen molar-refractivity contribution in [2.75, 3.05) is 13.1 Å². The topological polar surface area (TPSA) is 53.7 Å². The maximum absolute atomic E-state index is 11.3. The third-order valence-electron chi connectivity index (χ3n) is 4.48. The van der Waals surface area contributed by atoms with Crippen molar-refractivity contribution in [3.8, 4) is 0 Å². The summed E-state index contributed by atoms with van der Waals surface area (Å²) in [7, 11) is 0. The van der Waals surface area contributed by atoms with Crippen LogP contribution in [0.25, 0.3) is 0 Å². The zero-order chi connectivity index (χ0) is 12.8. The molecule has 18 heavy (non-hydrogen) atoms. The number of furan rings is 1. The molecule has 2 atom stereocenters. The third kappa shape index (κ3) is 1.75. The summed E-state index contributed by atoms with van der Waals surface area (Å²) in [6, 6.07) is 2.41. The van der Waals surface area contributed by atoms with Crippen molar-refractivity contribution in [1.82, 2.24) is 4.90 Å². The molecule has 4 nitrogen and oxygen atoms in total. The van der Waals surface area contributed by atoms with Crippen molar-refractivity contribution in [3.63, 3.8) is 0 Å². The van der Waals surface area contributed by atoms with Gasteiger partial charge in [-0.1, -0.05) is 0 Å². The fraction of sp³-hybridized carbons (Fsp3) is 0.643. The number of carboxylic acids is 1. The number of hydrogen-bond acceptors (Lipinski definition) is 3. The summed E-state index contributed by atoms with van der Waals surface area (Å²) in [4.78, 5) is 13.6. The normalized spacial score (nSPS) is 32.4. The number of aliphatic carboxylic acids is 1. The van der Waals surface area contributed by atoms with Gasteiger partial charge in [-0.2, -0.15) is 0 Å². The molecule has 0 spiro atoms. The first-order valence-electron chi connectivity index (χ1n) is 6.64. The number of nitrogens with zero attached hydrogens (tertiary/aromatic N) is 1. The summed E-state index contributed by atoms with van der Waals surface area (Å²) in [6.45, 7) is 3.38. The van der Waals surface area contributed by atoms with Gasteiger partial charge < -0.3 is 9.52 Å². The third-order valence-corrected chi connectivity index (χ3v) is 4.48. The number of likely N-dealkylation sites (tertiary alicyclic amines) is 1. The standard InChI is InChI=1S/C14H19NO3/c1-14(13(16)17)6-7-15(9-14)11-3-2-4-12-10(11)5-8-18-12/h5,8,11H,2-4,6-7,9H2,1H3,(H,16,17). The van der Waals surface area contributed by atoms with Crippen LogP contribution >= 0.6 is 0 Å². The van der Waals surface area contributed by atoms with Crippen LogP contribution in [0.4, 0.5) is 0 Å². The van der Waals surface area contributed by atoms with E-state index in [4.69, 9.17) is 4.42 Å². The lowest BCUT2D eigenvalue weighted by Gasteiger charge is -2.31. The summed E-state index contributed by atoms with van der Waals surface area (Å²) >= 11 is 0. The molecule has 0 saturated carbocycles. The van der Waals surface area contributed by atoms with Gasteiger partial charge in [0.2, 0.25) is 0 Å². The Labute approximate surface area is 107 Å². The number of hydrogen-bond donors (Lipinski definition) is 1. The Morgan fingerprint density at radius 3 is 3.17 bits per heavy atom. The highest BCUT2D eigenvalue weighted by atomic mass is 16.4. The van der Waals surface area contributed by atoms with E-state index in [1.165, 1.54) is 5.56 Å². The highest BCUT2D eigenvalue weighted by molar-refractivity contribution is 5.74. The van der Waals surface area contributed by atoms with Crippen LogP contribution in [0.5, 0.6) is 0 Å². The lowest BCUT2D eigenvalue weighted by molar-refractivity contribution is -0.147. The second kappa shape index (κ2) is 4.12. The lowest BCUT2D eigenvalue weighted by Crippen LogP contribution is -2.34. The van der Waals surface area contributed by atoms with E-state index >= 15 is 0 Å². The first-order chi connectivity index (χ1) is 8.60. The molecule has 2 aliphatic rings. The number of carboxylic acid groups (broad SMARTS) is 1. The Morgan fingerprint density at radius 2 is 2.44 bits per heavy atom. The van der Waals surface area contributed by atoms with Crippen molar-refractivity contribution in [3.05, 3.63) is 23.7 Å². The van der Waals surface area contributed by atoms with Crippen LogP contribution in [0.3, 0.4) is 0 Å². The smallest absolute Gasteiger partial charge is 0.310 e. The molecule has 1 saturated heterocycles. The minimum Gasteiger partial charge on any atom is -0.481 e. The van der Waals surface area contributed by atoms with E-state index in [9.17, 15) is 9.90 Å². The fourth-order valence-corrected chi connectivity index (χ4v) is 3.28. The van der Waals surface area contributed by atoms with E-state index in [0.717, 1.165) is 38.0 Å². The molecule has 0 bridgehead atoms. The van der Waals surface area contributed by atoms with Gasteiger partial charge in [0.1, 0.15) is 5.76 Å². The van der Waals surface area contributed by atoms with E-state index in [2.05, 4.69) is 11.0 Å². The predicted octanol–water partition coefficient (Wildman–Crippen LogP) is 2.45. The Morgan fingerprint density at radius 1 is 1.61 bits per heavy atom. The van der Waals surface area contributed by atoms with E-state index < -0.39 is 11.4 Å². The summed E-state index contributed by atoms with van der Waals surface area (Å²) in [5.74, 6) is 0.420. The van der Waals surface area contributed by atoms with Gasteiger partial charge in [-0.15, -0.1) is 0 Å². The van der Waals surface area contributed by atoms with Crippen LogP contribution < -0.4 is 0 Å². The van der Waals surface area contributed by atoms with E-state index in [1.807, 2.05) is 6.92 Å². The zero-order valence-electron chi connectivity index (χ0n) is 10.7. The molecule has 2 heterocycles. The van der Waals surface area contributed by atoms with Crippen molar-refractivity contribution in [2.24, 2.45) is 5.41 Å². The zero-order valence-corrected chi connectivity index (χ0v) is 10.7. The lowest BCUT2D eigenvalue weighted by atomic mass is 9.89. The summed E-state index contributed by atoms with van der Waals surface area (Å²) < 4.78 is 5.50. The highest BCUT2D eigenvalue weighted by Gasteiger charge is 2.43. The van der Waals surface area contributed by atoms with E-state index in [0.29, 0.717) is 12.6 Å². The molecule has 1 N–H and O–H groups in total. The molecule has 1 aromatic heterocycles. The van der Waals surface area contributed by atoms with Gasteiger partial charge in [0.25, 0.3) is 0 Å². The van der Waals surface area contributed by atoms with Gasteiger partial charge in [-0.3, -0.25) is 9.69 Å². The number of carbonyl (C=O) groups is 1. The van der Waals surface area contributed by atoms with E-state index in [1.54, 1.807) is 6.26 Å². The molecule has 98 valence electrons. The molecule has 0 aromatic carbocycles. The SMILES string of the molecule is CC1(C(=O)O)CCN(C2CCCc3occc32)C1. The second-order valence-electron chi connectivity index (χ2n) is 5.79. The van der Waals surface area contributed by atoms with Crippen LogP contribution in [-0.2, 0) is 11.2 Å². The molecule has 1 aliphatic carbocycles. The molecule has 4 heteroatoms. The van der Waals surface area contributed by atoms with Crippen LogP contribution in [0.1, 0.15) is 43.6 Å². The second-order valence-corrected chi connectivity index (χ2v) is 5.79. The molecule has 0 radical (unpaired) electrons. The fourth-order valence-electron chi connectivity index (χ4n) is 3.28. The maximum Gasteiger partial charge on any atom is 0.310 e. The average molecular weight is 249 g/mol. The summed E-state index contributed by atoms with van der Waals surface area (Å²) in [6.07, 6.45) is 5.76. The van der Waals surface area contributed by atoms with Crippen LogP contribution in [0.15, 0.2) is 16.7 Å². The maximum atomic E-state index is 11.3. The molecular formula is C14H19NO3. The van der Waals surface area contributed by atoms with Crippen LogP contribution in [0.2, 0.25) is 0 Å². The van der Waals surface area contributed by atoms with Gasteiger partial charge in [-0.05, 0) is 38.8 Å². The average Bonchev–Trinajstić information content (AvgIpc) is 2.95. The highest BCUT2D eigenvalue weighted by Crippen LogP contribution is 2.41. The summed E-state index contributed by atoms with van der Waals surface area (Å²) in [5.41, 5.74) is 0.692. The van der Waals surface area contributed by atoms with Crippen LogP contribution in [0, 0.1) is 5.41 Å². The van der Waals surface area contributed by atoms with Crippen molar-refractivity contribution >= 4 is 5.97 Å². The Balaban J connectivity index is 1.81. The Kier molecular flexibility index (Phi) is 2.70. The summed E-state index contributed by atoms with van der Waals surface area (Å²) in [5, 5.41) is 9.30. The van der Waals surface area contributed by atoms with Gasteiger partial charge in [-0.25, -0.2) is 0 Å². The molecule has 1 aliphatic heterocycles. The van der Waals surface area contributed by atoms with Crippen molar-refractivity contribution < 1.29 is 14.3 Å². The van der Waals surface area contributed by atoms with Gasteiger partial charge in [0.05, 0.1) is 11.7 Å². The molecule has 0 amide bonds. The quantitative estimate of drug-likeness (QED) is 0.874. The number of fused-ring (bicyclic) bond motifs is 1. The monoisotopic (exact) mass is 249 g/mol. The van der Waals surface area contributed by atoms with Crippen molar-refractivity contribution in [1.29, 1.82) is 0 Å².